The maximum Gasteiger partial charge on any atom is 0.326 e. The molecule has 2 rings (SSSR count). The fourth-order valence-electron chi connectivity index (χ4n) is 2.76. The molecule has 3 N–H and O–H groups in total. The van der Waals surface area contributed by atoms with Gasteiger partial charge in [0.1, 0.15) is 16.7 Å². The molecule has 0 saturated heterocycles. The van der Waals surface area contributed by atoms with Crippen molar-refractivity contribution >= 4 is 17.3 Å². The summed E-state index contributed by atoms with van der Waals surface area (Å²) < 4.78 is 6.05. The van der Waals surface area contributed by atoms with Crippen molar-refractivity contribution in [2.45, 2.75) is 57.1 Å². The molecule has 1 saturated carbocycles. The lowest BCUT2D eigenvalue weighted by Crippen LogP contribution is -2.29. The number of nitrogens with two attached hydrogens (primary N) is 1. The number of rotatable bonds is 5. The van der Waals surface area contributed by atoms with Gasteiger partial charge < -0.3 is 15.6 Å². The number of aliphatic carboxylic acids is 1. The number of hydrogen-bond donors (Lipinski definition) is 2. The van der Waals surface area contributed by atoms with E-state index in [2.05, 4.69) is 4.98 Å². The second kappa shape index (κ2) is 6.65. The van der Waals surface area contributed by atoms with Crippen molar-refractivity contribution in [1.82, 2.24) is 4.98 Å². The van der Waals surface area contributed by atoms with Gasteiger partial charge in [-0.15, -0.1) is 11.3 Å². The van der Waals surface area contributed by atoms with E-state index in [1.54, 1.807) is 5.38 Å². The fraction of sp³-hybridized carbons (Fsp3) is 0.714. The molecule has 112 valence electrons. The maximum atomic E-state index is 11.0. The van der Waals surface area contributed by atoms with E-state index >= 15 is 0 Å². The van der Waals surface area contributed by atoms with Crippen LogP contribution in [0.15, 0.2) is 5.38 Å². The van der Waals surface area contributed by atoms with Crippen molar-refractivity contribution in [2.75, 3.05) is 6.61 Å². The Bertz CT molecular complexity index is 453. The largest absolute Gasteiger partial charge is 0.480 e. The van der Waals surface area contributed by atoms with Crippen molar-refractivity contribution in [3.8, 4) is 0 Å². The van der Waals surface area contributed by atoms with Gasteiger partial charge in [0.15, 0.2) is 0 Å². The van der Waals surface area contributed by atoms with Crippen molar-refractivity contribution in [3.05, 3.63) is 16.1 Å². The van der Waals surface area contributed by atoms with Gasteiger partial charge in [-0.2, -0.15) is 0 Å². The summed E-state index contributed by atoms with van der Waals surface area (Å²) in [4.78, 5) is 15.4. The van der Waals surface area contributed by atoms with Crippen molar-refractivity contribution < 1.29 is 14.6 Å². The predicted molar refractivity (Wildman–Crippen MR) is 77.7 cm³/mol. The molecule has 6 heteroatoms. The van der Waals surface area contributed by atoms with Crippen LogP contribution in [0.1, 0.15) is 62.2 Å². The van der Waals surface area contributed by atoms with Gasteiger partial charge in [0, 0.05) is 12.0 Å². The van der Waals surface area contributed by atoms with Crippen LogP contribution in [0.3, 0.4) is 0 Å². The van der Waals surface area contributed by atoms with Gasteiger partial charge in [-0.3, -0.25) is 4.79 Å². The minimum Gasteiger partial charge on any atom is -0.480 e. The highest BCUT2D eigenvalue weighted by Gasteiger charge is 2.37. The first-order valence-electron chi connectivity index (χ1n) is 7.17. The molecule has 0 radical (unpaired) electrons. The third-order valence-corrected chi connectivity index (χ3v) is 4.87. The quantitative estimate of drug-likeness (QED) is 0.816. The van der Waals surface area contributed by atoms with Crippen LogP contribution >= 0.6 is 11.3 Å². The van der Waals surface area contributed by atoms with Crippen LogP contribution in [0.2, 0.25) is 0 Å². The summed E-state index contributed by atoms with van der Waals surface area (Å²) in [6, 6.07) is -1.05. The number of carbonyl (C=O) groups is 1. The zero-order valence-electron chi connectivity index (χ0n) is 11.8. The Labute approximate surface area is 123 Å². The van der Waals surface area contributed by atoms with E-state index in [0.717, 1.165) is 30.7 Å². The zero-order chi connectivity index (χ0) is 14.6. The first-order valence-corrected chi connectivity index (χ1v) is 8.05. The molecular formula is C14H22N2O3S. The Kier molecular flexibility index (Phi) is 5.12. The van der Waals surface area contributed by atoms with E-state index in [-0.39, 0.29) is 5.60 Å². The van der Waals surface area contributed by atoms with Crippen LogP contribution in [-0.2, 0) is 15.1 Å². The predicted octanol–water partition coefficient (Wildman–Crippen LogP) is 2.81. The molecular weight excluding hydrogens is 276 g/mol. The van der Waals surface area contributed by atoms with Gasteiger partial charge in [0.25, 0.3) is 0 Å². The summed E-state index contributed by atoms with van der Waals surface area (Å²) in [5.41, 5.74) is 5.72. The maximum absolute atomic E-state index is 11.0. The number of nitrogens with zero attached hydrogens (tertiary/aromatic N) is 1. The van der Waals surface area contributed by atoms with E-state index in [0.29, 0.717) is 12.3 Å². The molecule has 1 fully saturated rings. The third-order valence-electron chi connectivity index (χ3n) is 3.83. The van der Waals surface area contributed by atoms with Gasteiger partial charge in [-0.1, -0.05) is 25.7 Å². The number of ether oxygens (including phenoxy) is 1. The van der Waals surface area contributed by atoms with Crippen molar-refractivity contribution in [1.29, 1.82) is 0 Å². The molecule has 0 amide bonds. The second-order valence-electron chi connectivity index (χ2n) is 5.23. The summed E-state index contributed by atoms with van der Waals surface area (Å²) in [7, 11) is 0. The van der Waals surface area contributed by atoms with Gasteiger partial charge in [0.2, 0.25) is 0 Å². The number of carboxylic acids is 1. The SMILES string of the molecule is CCOC1(c2nc(C(N)C(=O)O)cs2)CCCCCC1. The highest BCUT2D eigenvalue weighted by Crippen LogP contribution is 2.41. The number of thiazole rings is 1. The Morgan fingerprint density at radius 3 is 2.70 bits per heavy atom. The summed E-state index contributed by atoms with van der Waals surface area (Å²) in [5, 5.41) is 11.6. The summed E-state index contributed by atoms with van der Waals surface area (Å²) in [6.07, 6.45) is 6.61. The highest BCUT2D eigenvalue weighted by atomic mass is 32.1. The lowest BCUT2D eigenvalue weighted by Gasteiger charge is -2.30. The molecule has 20 heavy (non-hydrogen) atoms. The second-order valence-corrected chi connectivity index (χ2v) is 6.09. The molecule has 1 heterocycles. The molecule has 5 nitrogen and oxygen atoms in total. The molecule has 0 spiro atoms. The summed E-state index contributed by atoms with van der Waals surface area (Å²) >= 11 is 1.47. The lowest BCUT2D eigenvalue weighted by molar-refractivity contribution is -0.138. The average molecular weight is 298 g/mol. The molecule has 1 aliphatic carbocycles. The van der Waals surface area contributed by atoms with E-state index < -0.39 is 12.0 Å². The normalized spacial score (nSPS) is 20.3. The monoisotopic (exact) mass is 298 g/mol. The van der Waals surface area contributed by atoms with Crippen molar-refractivity contribution in [3.63, 3.8) is 0 Å². The van der Waals surface area contributed by atoms with E-state index in [4.69, 9.17) is 15.6 Å². The molecule has 1 unspecified atom stereocenters. The number of aromatic nitrogens is 1. The van der Waals surface area contributed by atoms with E-state index in [9.17, 15) is 4.79 Å². The number of carboxylic acid groups (broad SMARTS) is 1. The van der Waals surface area contributed by atoms with Crippen LogP contribution in [0, 0.1) is 0 Å². The van der Waals surface area contributed by atoms with Gasteiger partial charge >= 0.3 is 5.97 Å². The standard InChI is InChI=1S/C14H22N2O3S/c1-2-19-14(7-5-3-4-6-8-14)13-16-10(9-20-13)11(15)12(17)18/h9,11H,2-8,15H2,1H3,(H,17,18). The Morgan fingerprint density at radius 1 is 1.50 bits per heavy atom. The molecule has 0 aromatic carbocycles. The third kappa shape index (κ3) is 3.19. The molecule has 1 aromatic heterocycles. The van der Waals surface area contributed by atoms with Gasteiger partial charge in [-0.05, 0) is 19.8 Å². The first kappa shape index (κ1) is 15.4. The summed E-state index contributed by atoms with van der Waals surface area (Å²) in [5.74, 6) is -1.05. The summed E-state index contributed by atoms with van der Waals surface area (Å²) in [6.45, 7) is 2.63. The Morgan fingerprint density at radius 2 is 2.15 bits per heavy atom. The molecule has 0 aliphatic heterocycles. The lowest BCUT2D eigenvalue weighted by atomic mass is 9.95. The van der Waals surface area contributed by atoms with Crippen LogP contribution < -0.4 is 5.73 Å². The van der Waals surface area contributed by atoms with Gasteiger partial charge in [0.05, 0.1) is 5.69 Å². The van der Waals surface area contributed by atoms with Crippen molar-refractivity contribution in [2.24, 2.45) is 5.73 Å². The van der Waals surface area contributed by atoms with E-state index in [1.165, 1.54) is 24.2 Å². The first-order chi connectivity index (χ1) is 9.59. The minimum absolute atomic E-state index is 0.341. The zero-order valence-corrected chi connectivity index (χ0v) is 12.6. The molecule has 0 bridgehead atoms. The number of hydrogen-bond acceptors (Lipinski definition) is 5. The van der Waals surface area contributed by atoms with Crippen LogP contribution in [0.4, 0.5) is 0 Å². The Balaban J connectivity index is 2.27. The average Bonchev–Trinajstić information content (AvgIpc) is 2.80. The Hall–Kier alpha value is -0.980. The molecule has 1 aliphatic rings. The van der Waals surface area contributed by atoms with E-state index in [1.807, 2.05) is 6.92 Å². The van der Waals surface area contributed by atoms with Crippen LogP contribution in [0.25, 0.3) is 0 Å². The molecule has 1 aromatic rings. The van der Waals surface area contributed by atoms with Gasteiger partial charge in [-0.25, -0.2) is 4.98 Å². The molecule has 1 atom stereocenters. The fourth-order valence-corrected chi connectivity index (χ4v) is 3.83. The van der Waals surface area contributed by atoms with Crippen LogP contribution in [0.5, 0.6) is 0 Å². The minimum atomic E-state index is -1.05. The van der Waals surface area contributed by atoms with Crippen LogP contribution in [-0.4, -0.2) is 22.7 Å². The smallest absolute Gasteiger partial charge is 0.326 e. The highest BCUT2D eigenvalue weighted by molar-refractivity contribution is 7.09. The topological polar surface area (TPSA) is 85.4 Å².